The SMILES string of the molecule is Cc1ccc(-c2cc(-c3nc(-c4ccc(S(=O)(=O)C(C)C)cc4)cnc3N)on2)cc1. The number of nitrogens with zero attached hydrogens (tertiary/aromatic N) is 3. The monoisotopic (exact) mass is 434 g/mol. The Labute approximate surface area is 180 Å². The fraction of sp³-hybridized carbons (Fsp3) is 0.174. The lowest BCUT2D eigenvalue weighted by molar-refractivity contribution is 0.434. The van der Waals surface area contributed by atoms with E-state index in [-0.39, 0.29) is 10.7 Å². The van der Waals surface area contributed by atoms with E-state index in [9.17, 15) is 8.42 Å². The summed E-state index contributed by atoms with van der Waals surface area (Å²) in [4.78, 5) is 9.10. The van der Waals surface area contributed by atoms with Crippen molar-refractivity contribution in [2.45, 2.75) is 30.9 Å². The number of hydrogen-bond donors (Lipinski definition) is 1. The van der Waals surface area contributed by atoms with E-state index in [2.05, 4.69) is 15.1 Å². The second-order valence-corrected chi connectivity index (χ2v) is 10.1. The van der Waals surface area contributed by atoms with Crippen LogP contribution < -0.4 is 5.73 Å². The van der Waals surface area contributed by atoms with Gasteiger partial charge in [0.05, 0.1) is 22.0 Å². The van der Waals surface area contributed by atoms with Gasteiger partial charge < -0.3 is 10.3 Å². The zero-order chi connectivity index (χ0) is 22.2. The van der Waals surface area contributed by atoms with Crippen LogP contribution in [-0.2, 0) is 9.84 Å². The van der Waals surface area contributed by atoms with Crippen molar-refractivity contribution in [1.82, 2.24) is 15.1 Å². The van der Waals surface area contributed by atoms with Crippen LogP contribution in [0.3, 0.4) is 0 Å². The molecule has 4 aromatic rings. The van der Waals surface area contributed by atoms with Crippen molar-refractivity contribution >= 4 is 15.7 Å². The highest BCUT2D eigenvalue weighted by Gasteiger charge is 2.19. The Hall–Kier alpha value is -3.52. The lowest BCUT2D eigenvalue weighted by Gasteiger charge is -2.09. The molecule has 0 saturated heterocycles. The molecule has 0 radical (unpaired) electrons. The molecule has 2 N–H and O–H groups in total. The third-order valence-electron chi connectivity index (χ3n) is 4.99. The summed E-state index contributed by atoms with van der Waals surface area (Å²) < 4.78 is 30.2. The van der Waals surface area contributed by atoms with Crippen molar-refractivity contribution in [2.24, 2.45) is 0 Å². The van der Waals surface area contributed by atoms with E-state index in [1.165, 1.54) is 0 Å². The van der Waals surface area contributed by atoms with E-state index in [1.807, 2.05) is 31.2 Å². The highest BCUT2D eigenvalue weighted by molar-refractivity contribution is 7.92. The number of aromatic nitrogens is 3. The highest BCUT2D eigenvalue weighted by atomic mass is 32.2. The molecule has 0 bridgehead atoms. The van der Waals surface area contributed by atoms with E-state index >= 15 is 0 Å². The lowest BCUT2D eigenvalue weighted by Crippen LogP contribution is -2.13. The van der Waals surface area contributed by atoms with Crippen LogP contribution >= 0.6 is 0 Å². The number of nitrogen functional groups attached to an aromatic ring is 1. The Kier molecular flexibility index (Phi) is 5.32. The molecule has 0 aliphatic carbocycles. The van der Waals surface area contributed by atoms with Gasteiger partial charge in [-0.05, 0) is 32.9 Å². The summed E-state index contributed by atoms with van der Waals surface area (Å²) in [5.74, 6) is 0.621. The number of rotatable bonds is 5. The van der Waals surface area contributed by atoms with Gasteiger partial charge in [-0.2, -0.15) is 0 Å². The Bertz CT molecular complexity index is 1330. The van der Waals surface area contributed by atoms with Crippen LogP contribution in [0.1, 0.15) is 19.4 Å². The zero-order valence-electron chi connectivity index (χ0n) is 17.4. The minimum Gasteiger partial charge on any atom is -0.382 e. The number of anilines is 1. The molecule has 0 aliphatic rings. The number of benzene rings is 2. The van der Waals surface area contributed by atoms with Gasteiger partial charge in [-0.1, -0.05) is 47.1 Å². The predicted molar refractivity (Wildman–Crippen MR) is 120 cm³/mol. The van der Waals surface area contributed by atoms with Gasteiger partial charge in [0.15, 0.2) is 27.1 Å². The highest BCUT2D eigenvalue weighted by Crippen LogP contribution is 2.30. The summed E-state index contributed by atoms with van der Waals surface area (Å²) in [5, 5.41) is 3.64. The van der Waals surface area contributed by atoms with Crippen LogP contribution in [0, 0.1) is 6.92 Å². The van der Waals surface area contributed by atoms with Crippen LogP contribution in [0.4, 0.5) is 5.82 Å². The summed E-state index contributed by atoms with van der Waals surface area (Å²) in [6.07, 6.45) is 1.54. The van der Waals surface area contributed by atoms with Gasteiger partial charge in [-0.15, -0.1) is 0 Å². The first-order chi connectivity index (χ1) is 14.8. The second kappa shape index (κ2) is 7.96. The first-order valence-electron chi connectivity index (χ1n) is 9.76. The van der Waals surface area contributed by atoms with Gasteiger partial charge >= 0.3 is 0 Å². The number of nitrogens with two attached hydrogens (primary N) is 1. The topological polar surface area (TPSA) is 112 Å². The summed E-state index contributed by atoms with van der Waals surface area (Å²) in [7, 11) is -3.34. The van der Waals surface area contributed by atoms with Crippen molar-refractivity contribution in [3.8, 4) is 34.0 Å². The Morgan fingerprint density at radius 3 is 2.19 bits per heavy atom. The van der Waals surface area contributed by atoms with Crippen LogP contribution in [0.15, 0.2) is 70.2 Å². The van der Waals surface area contributed by atoms with Crippen LogP contribution in [-0.4, -0.2) is 28.8 Å². The molecule has 0 aliphatic heterocycles. The smallest absolute Gasteiger partial charge is 0.189 e. The molecule has 4 rings (SSSR count). The second-order valence-electron chi connectivity index (χ2n) is 7.55. The quantitative estimate of drug-likeness (QED) is 0.491. The third kappa shape index (κ3) is 4.06. The number of hydrogen-bond acceptors (Lipinski definition) is 7. The molecule has 2 aromatic carbocycles. The molecule has 7 nitrogen and oxygen atoms in total. The van der Waals surface area contributed by atoms with Crippen molar-refractivity contribution < 1.29 is 12.9 Å². The zero-order valence-corrected chi connectivity index (χ0v) is 18.2. The molecule has 0 saturated carbocycles. The van der Waals surface area contributed by atoms with Crippen LogP contribution in [0.5, 0.6) is 0 Å². The maximum atomic E-state index is 12.3. The van der Waals surface area contributed by atoms with Crippen LogP contribution in [0.2, 0.25) is 0 Å². The average molecular weight is 435 g/mol. The van der Waals surface area contributed by atoms with Crippen molar-refractivity contribution in [3.05, 3.63) is 66.4 Å². The van der Waals surface area contributed by atoms with Gasteiger partial charge in [0.2, 0.25) is 0 Å². The fourth-order valence-electron chi connectivity index (χ4n) is 3.05. The molecule has 8 heteroatoms. The van der Waals surface area contributed by atoms with Crippen molar-refractivity contribution in [1.29, 1.82) is 0 Å². The molecular formula is C23H22N4O3S. The molecule has 0 amide bonds. The Morgan fingerprint density at radius 2 is 1.55 bits per heavy atom. The predicted octanol–water partition coefficient (Wildman–Crippen LogP) is 4.54. The largest absolute Gasteiger partial charge is 0.382 e. The Morgan fingerprint density at radius 1 is 0.935 bits per heavy atom. The van der Waals surface area contributed by atoms with E-state index in [0.717, 1.165) is 16.7 Å². The Balaban J connectivity index is 1.68. The van der Waals surface area contributed by atoms with E-state index in [0.29, 0.717) is 22.8 Å². The van der Waals surface area contributed by atoms with E-state index < -0.39 is 15.1 Å². The molecule has 2 heterocycles. The number of aryl methyl sites for hydroxylation is 1. The summed E-state index contributed by atoms with van der Waals surface area (Å²) in [5.41, 5.74) is 10.4. The minimum atomic E-state index is -3.34. The lowest BCUT2D eigenvalue weighted by atomic mass is 10.1. The van der Waals surface area contributed by atoms with Crippen molar-refractivity contribution in [2.75, 3.05) is 5.73 Å². The van der Waals surface area contributed by atoms with Gasteiger partial charge in [0.1, 0.15) is 5.69 Å². The van der Waals surface area contributed by atoms with Gasteiger partial charge in [-0.3, -0.25) is 0 Å². The molecule has 31 heavy (non-hydrogen) atoms. The first kappa shape index (κ1) is 20.7. The fourth-order valence-corrected chi connectivity index (χ4v) is 4.11. The average Bonchev–Trinajstić information content (AvgIpc) is 3.24. The van der Waals surface area contributed by atoms with Crippen molar-refractivity contribution in [3.63, 3.8) is 0 Å². The van der Waals surface area contributed by atoms with Gasteiger partial charge in [-0.25, -0.2) is 18.4 Å². The summed E-state index contributed by atoms with van der Waals surface area (Å²) >= 11 is 0. The maximum Gasteiger partial charge on any atom is 0.189 e. The first-order valence-corrected chi connectivity index (χ1v) is 11.3. The summed E-state index contributed by atoms with van der Waals surface area (Å²) in [6, 6.07) is 16.3. The molecule has 0 atom stereocenters. The van der Waals surface area contributed by atoms with Crippen LogP contribution in [0.25, 0.3) is 34.0 Å². The van der Waals surface area contributed by atoms with E-state index in [1.54, 1.807) is 50.4 Å². The normalized spacial score (nSPS) is 11.7. The molecular weight excluding hydrogens is 412 g/mol. The summed E-state index contributed by atoms with van der Waals surface area (Å²) in [6.45, 7) is 5.33. The standard InChI is InChI=1S/C23H22N4O3S/c1-14(2)31(28,29)18-10-8-17(9-11-18)20-13-25-23(24)22(26-20)21-12-19(27-30-21)16-6-4-15(3)5-7-16/h4-14H,1-3H3,(H2,24,25). The molecule has 2 aromatic heterocycles. The third-order valence-corrected chi connectivity index (χ3v) is 7.16. The number of sulfone groups is 1. The van der Waals surface area contributed by atoms with E-state index in [4.69, 9.17) is 10.3 Å². The van der Waals surface area contributed by atoms with Gasteiger partial charge in [0.25, 0.3) is 0 Å². The maximum absolute atomic E-state index is 12.3. The molecule has 0 spiro atoms. The van der Waals surface area contributed by atoms with Gasteiger partial charge in [0, 0.05) is 17.2 Å². The minimum absolute atomic E-state index is 0.217. The molecule has 0 fully saturated rings. The molecule has 0 unspecified atom stereocenters. The molecule has 158 valence electrons.